The van der Waals surface area contributed by atoms with E-state index in [1.54, 1.807) is 0 Å². The standard InChI is InChI=1S/C13H17ClN2O4S/c1-9-4-2-3-7-16(9)21(19,20)15-10-5-6-12(14)11(8-10)13(17)18/h5-6,8-9,15H,2-4,7H2,1H3,(H,17,18). The van der Waals surface area contributed by atoms with Crippen LogP contribution in [0.4, 0.5) is 5.69 Å². The fraction of sp³-hybridized carbons (Fsp3) is 0.462. The van der Waals surface area contributed by atoms with Gasteiger partial charge in [0, 0.05) is 12.6 Å². The molecule has 0 saturated carbocycles. The summed E-state index contributed by atoms with van der Waals surface area (Å²) in [6.07, 6.45) is 2.66. The molecule has 0 aliphatic carbocycles. The van der Waals surface area contributed by atoms with Gasteiger partial charge in [-0.3, -0.25) is 4.72 Å². The summed E-state index contributed by atoms with van der Waals surface area (Å²) in [5, 5.41) is 9.07. The van der Waals surface area contributed by atoms with Gasteiger partial charge < -0.3 is 5.11 Å². The summed E-state index contributed by atoms with van der Waals surface area (Å²) >= 11 is 5.77. The van der Waals surface area contributed by atoms with Crippen LogP contribution in [0.5, 0.6) is 0 Å². The van der Waals surface area contributed by atoms with E-state index in [4.69, 9.17) is 16.7 Å². The smallest absolute Gasteiger partial charge is 0.337 e. The highest BCUT2D eigenvalue weighted by Crippen LogP contribution is 2.24. The van der Waals surface area contributed by atoms with E-state index < -0.39 is 16.2 Å². The van der Waals surface area contributed by atoms with E-state index in [-0.39, 0.29) is 22.3 Å². The van der Waals surface area contributed by atoms with Crippen molar-refractivity contribution in [3.63, 3.8) is 0 Å². The van der Waals surface area contributed by atoms with Crippen molar-refractivity contribution in [1.82, 2.24) is 4.31 Å². The van der Waals surface area contributed by atoms with Crippen LogP contribution in [0.1, 0.15) is 36.5 Å². The molecular formula is C13H17ClN2O4S. The Morgan fingerprint density at radius 3 is 2.76 bits per heavy atom. The molecule has 21 heavy (non-hydrogen) atoms. The van der Waals surface area contributed by atoms with Crippen molar-refractivity contribution in [3.05, 3.63) is 28.8 Å². The quantitative estimate of drug-likeness (QED) is 0.887. The third-order valence-electron chi connectivity index (χ3n) is 3.49. The number of aromatic carboxylic acids is 1. The molecule has 1 heterocycles. The van der Waals surface area contributed by atoms with Gasteiger partial charge >= 0.3 is 16.2 Å². The molecule has 0 radical (unpaired) electrons. The second-order valence-electron chi connectivity index (χ2n) is 5.06. The molecule has 1 aromatic rings. The maximum absolute atomic E-state index is 12.4. The molecule has 0 spiro atoms. The van der Waals surface area contributed by atoms with E-state index in [0.29, 0.717) is 6.54 Å². The minimum Gasteiger partial charge on any atom is -0.478 e. The Kier molecular flexibility index (Phi) is 4.75. The van der Waals surface area contributed by atoms with Gasteiger partial charge in [-0.05, 0) is 38.0 Å². The lowest BCUT2D eigenvalue weighted by molar-refractivity contribution is 0.0697. The third-order valence-corrected chi connectivity index (χ3v) is 5.48. The molecule has 0 bridgehead atoms. The van der Waals surface area contributed by atoms with E-state index in [1.165, 1.54) is 22.5 Å². The van der Waals surface area contributed by atoms with Gasteiger partial charge in [-0.1, -0.05) is 18.0 Å². The fourth-order valence-electron chi connectivity index (χ4n) is 2.39. The molecule has 0 aromatic heterocycles. The summed E-state index contributed by atoms with van der Waals surface area (Å²) in [6.45, 7) is 2.33. The molecule has 1 unspecified atom stereocenters. The number of anilines is 1. The number of piperidine rings is 1. The van der Waals surface area contributed by atoms with Gasteiger partial charge in [0.05, 0.1) is 16.3 Å². The summed E-state index contributed by atoms with van der Waals surface area (Å²) in [5.41, 5.74) is 0.0538. The average Bonchev–Trinajstić information content (AvgIpc) is 2.40. The van der Waals surface area contributed by atoms with E-state index in [9.17, 15) is 13.2 Å². The number of carbonyl (C=O) groups is 1. The van der Waals surface area contributed by atoms with Crippen LogP contribution in [-0.4, -0.2) is 36.4 Å². The van der Waals surface area contributed by atoms with Crippen molar-refractivity contribution < 1.29 is 18.3 Å². The minimum atomic E-state index is -3.69. The van der Waals surface area contributed by atoms with E-state index in [0.717, 1.165) is 19.3 Å². The topological polar surface area (TPSA) is 86.7 Å². The Hall–Kier alpha value is -1.31. The molecular weight excluding hydrogens is 316 g/mol. The normalized spacial score (nSPS) is 20.2. The Balaban J connectivity index is 2.24. The fourth-order valence-corrected chi connectivity index (χ4v) is 4.08. The molecule has 1 aliphatic rings. The molecule has 1 fully saturated rings. The number of carboxylic acid groups (broad SMARTS) is 1. The molecule has 1 aliphatic heterocycles. The molecule has 2 rings (SSSR count). The zero-order valence-corrected chi connectivity index (χ0v) is 13.1. The van der Waals surface area contributed by atoms with Gasteiger partial charge in [0.2, 0.25) is 0 Å². The van der Waals surface area contributed by atoms with Crippen molar-refractivity contribution in [3.8, 4) is 0 Å². The first-order valence-electron chi connectivity index (χ1n) is 6.63. The monoisotopic (exact) mass is 332 g/mol. The van der Waals surface area contributed by atoms with Crippen molar-refractivity contribution >= 4 is 33.5 Å². The van der Waals surface area contributed by atoms with Gasteiger partial charge in [-0.25, -0.2) is 4.79 Å². The van der Waals surface area contributed by atoms with E-state index >= 15 is 0 Å². The predicted molar refractivity (Wildman–Crippen MR) is 81.0 cm³/mol. The zero-order chi connectivity index (χ0) is 15.6. The summed E-state index contributed by atoms with van der Waals surface area (Å²) < 4.78 is 28.6. The third kappa shape index (κ3) is 3.66. The first kappa shape index (κ1) is 16.1. The highest BCUT2D eigenvalue weighted by Gasteiger charge is 2.29. The molecule has 1 atom stereocenters. The SMILES string of the molecule is CC1CCCCN1S(=O)(=O)Nc1ccc(Cl)c(C(=O)O)c1. The number of rotatable bonds is 4. The van der Waals surface area contributed by atoms with Gasteiger partial charge in [-0.2, -0.15) is 12.7 Å². The van der Waals surface area contributed by atoms with Crippen LogP contribution in [0.3, 0.4) is 0 Å². The Labute approximate surface area is 128 Å². The maximum Gasteiger partial charge on any atom is 0.337 e. The minimum absolute atomic E-state index is 0.0665. The second-order valence-corrected chi connectivity index (χ2v) is 7.09. The predicted octanol–water partition coefficient (Wildman–Crippen LogP) is 2.57. The van der Waals surface area contributed by atoms with Crippen LogP contribution < -0.4 is 4.72 Å². The number of nitrogens with one attached hydrogen (secondary N) is 1. The van der Waals surface area contributed by atoms with Gasteiger partial charge in [0.15, 0.2) is 0 Å². The van der Waals surface area contributed by atoms with Gasteiger partial charge in [0.25, 0.3) is 0 Å². The Morgan fingerprint density at radius 1 is 1.43 bits per heavy atom. The molecule has 2 N–H and O–H groups in total. The molecule has 1 saturated heterocycles. The molecule has 116 valence electrons. The van der Waals surface area contributed by atoms with Crippen molar-refractivity contribution in [2.45, 2.75) is 32.2 Å². The van der Waals surface area contributed by atoms with Crippen LogP contribution in [0.2, 0.25) is 5.02 Å². The van der Waals surface area contributed by atoms with Crippen molar-refractivity contribution in [2.75, 3.05) is 11.3 Å². The lowest BCUT2D eigenvalue weighted by Crippen LogP contribution is -2.44. The zero-order valence-electron chi connectivity index (χ0n) is 11.5. The van der Waals surface area contributed by atoms with E-state index in [1.807, 2.05) is 6.92 Å². The Morgan fingerprint density at radius 2 is 2.14 bits per heavy atom. The number of hydrogen-bond acceptors (Lipinski definition) is 3. The van der Waals surface area contributed by atoms with Crippen LogP contribution in [0.25, 0.3) is 0 Å². The first-order valence-corrected chi connectivity index (χ1v) is 8.45. The largest absolute Gasteiger partial charge is 0.478 e. The number of hydrogen-bond donors (Lipinski definition) is 2. The highest BCUT2D eigenvalue weighted by atomic mass is 35.5. The second kappa shape index (κ2) is 6.21. The summed E-state index contributed by atoms with van der Waals surface area (Å²) in [5.74, 6) is -1.20. The first-order chi connectivity index (χ1) is 9.81. The lowest BCUT2D eigenvalue weighted by Gasteiger charge is -2.32. The van der Waals surface area contributed by atoms with Crippen molar-refractivity contribution in [1.29, 1.82) is 0 Å². The summed E-state index contributed by atoms with van der Waals surface area (Å²) in [6, 6.07) is 3.96. The number of benzene rings is 1. The van der Waals surface area contributed by atoms with E-state index in [2.05, 4.69) is 4.72 Å². The van der Waals surface area contributed by atoms with Crippen molar-refractivity contribution in [2.24, 2.45) is 0 Å². The van der Waals surface area contributed by atoms with Gasteiger partial charge in [-0.15, -0.1) is 0 Å². The van der Waals surface area contributed by atoms with Crippen LogP contribution in [-0.2, 0) is 10.2 Å². The lowest BCUT2D eigenvalue weighted by atomic mass is 10.1. The number of nitrogens with zero attached hydrogens (tertiary/aromatic N) is 1. The molecule has 8 heteroatoms. The number of carboxylic acids is 1. The van der Waals surface area contributed by atoms with Gasteiger partial charge in [0.1, 0.15) is 0 Å². The van der Waals surface area contributed by atoms with Crippen LogP contribution in [0.15, 0.2) is 18.2 Å². The molecule has 6 nitrogen and oxygen atoms in total. The summed E-state index contributed by atoms with van der Waals surface area (Å²) in [4.78, 5) is 11.0. The molecule has 0 amide bonds. The number of halogens is 1. The molecule has 1 aromatic carbocycles. The Bertz CT molecular complexity index is 648. The van der Waals surface area contributed by atoms with Crippen LogP contribution >= 0.6 is 11.6 Å². The maximum atomic E-state index is 12.4. The summed E-state index contributed by atoms with van der Waals surface area (Å²) in [7, 11) is -3.69. The average molecular weight is 333 g/mol. The van der Waals surface area contributed by atoms with Crippen LogP contribution in [0, 0.1) is 0 Å². The highest BCUT2D eigenvalue weighted by molar-refractivity contribution is 7.90.